The van der Waals surface area contributed by atoms with Crippen LogP contribution in [0.1, 0.15) is 48.4 Å². The zero-order valence-corrected chi connectivity index (χ0v) is 20.7. The van der Waals surface area contributed by atoms with Crippen LogP contribution in [0, 0.1) is 5.92 Å². The molecule has 35 heavy (non-hydrogen) atoms. The highest BCUT2D eigenvalue weighted by atomic mass is 16.6. The second kappa shape index (κ2) is 11.4. The Kier molecular flexibility index (Phi) is 7.84. The molecule has 5 rings (SSSR count). The molecule has 2 atom stereocenters. The van der Waals surface area contributed by atoms with E-state index in [2.05, 4.69) is 34.5 Å². The monoisotopic (exact) mass is 479 g/mol. The molecule has 0 aliphatic carbocycles. The number of aromatic nitrogens is 1. The molecule has 4 heterocycles. The number of methoxy groups -OCH3 is 1. The molecule has 188 valence electrons. The minimum Gasteiger partial charge on any atom is -0.486 e. The first-order valence-electron chi connectivity index (χ1n) is 13.0. The van der Waals surface area contributed by atoms with Gasteiger partial charge in [-0.1, -0.05) is 18.2 Å². The Bertz CT molecular complexity index is 1010. The van der Waals surface area contributed by atoms with Crippen molar-refractivity contribution in [3.8, 4) is 5.75 Å². The van der Waals surface area contributed by atoms with Gasteiger partial charge in [0.15, 0.2) is 0 Å². The summed E-state index contributed by atoms with van der Waals surface area (Å²) < 4.78 is 16.2. The summed E-state index contributed by atoms with van der Waals surface area (Å²) >= 11 is 0. The van der Waals surface area contributed by atoms with Gasteiger partial charge in [-0.2, -0.15) is 0 Å². The first-order chi connectivity index (χ1) is 17.2. The summed E-state index contributed by atoms with van der Waals surface area (Å²) in [6, 6.07) is 12.6. The molecule has 3 aliphatic heterocycles. The fourth-order valence-electron chi connectivity index (χ4n) is 5.37. The molecule has 1 aromatic heterocycles. The summed E-state index contributed by atoms with van der Waals surface area (Å²) in [4.78, 5) is 19.6. The van der Waals surface area contributed by atoms with Gasteiger partial charge in [0.2, 0.25) is 0 Å². The van der Waals surface area contributed by atoms with Crippen molar-refractivity contribution in [2.24, 2.45) is 5.92 Å². The number of rotatable bonds is 10. The summed E-state index contributed by atoms with van der Waals surface area (Å²) in [7, 11) is 1.46. The molecule has 7 nitrogen and oxygen atoms in total. The van der Waals surface area contributed by atoms with Gasteiger partial charge in [0.1, 0.15) is 17.7 Å². The number of ether oxygens (including phenoxy) is 3. The highest BCUT2D eigenvalue weighted by Crippen LogP contribution is 2.30. The quantitative estimate of drug-likeness (QED) is 0.520. The molecule has 0 bridgehead atoms. The van der Waals surface area contributed by atoms with E-state index >= 15 is 0 Å². The van der Waals surface area contributed by atoms with Crippen LogP contribution in [0.25, 0.3) is 0 Å². The highest BCUT2D eigenvalue weighted by Gasteiger charge is 2.27. The number of benzene rings is 1. The molecular formula is C28H37N3O4. The number of anilines is 1. The van der Waals surface area contributed by atoms with E-state index in [0.29, 0.717) is 25.6 Å². The zero-order chi connectivity index (χ0) is 24.0. The average molecular weight is 480 g/mol. The van der Waals surface area contributed by atoms with Crippen molar-refractivity contribution in [3.05, 3.63) is 53.2 Å². The smallest absolute Gasteiger partial charge is 0.306 e. The summed E-state index contributed by atoms with van der Waals surface area (Å²) in [6.45, 7) is 5.29. The van der Waals surface area contributed by atoms with Crippen LogP contribution in [0.4, 0.5) is 5.82 Å². The van der Waals surface area contributed by atoms with Crippen LogP contribution < -0.4 is 10.1 Å². The van der Waals surface area contributed by atoms with Crippen molar-refractivity contribution in [1.82, 2.24) is 9.88 Å². The number of carbonyl (C=O) groups is 1. The maximum absolute atomic E-state index is 12.2. The standard InChI is InChI=1S/C28H37N3O4/c1-33-27(32)15-23(22-4-2-6-25(14-22)35-26-18-34-19-26)17-31-13-11-20(16-31)7-9-24-10-8-21-5-3-12-29-28(21)30-24/h2,4,6,8,10,14,20,23,26H,3,5,7,9,11-13,15-19H2,1H3,(H,29,30). The number of nitrogens with one attached hydrogen (secondary N) is 1. The lowest BCUT2D eigenvalue weighted by Gasteiger charge is -2.28. The van der Waals surface area contributed by atoms with E-state index in [1.807, 2.05) is 12.1 Å². The highest BCUT2D eigenvalue weighted by molar-refractivity contribution is 5.70. The zero-order valence-electron chi connectivity index (χ0n) is 20.7. The van der Waals surface area contributed by atoms with Gasteiger partial charge in [0.05, 0.1) is 26.7 Å². The summed E-state index contributed by atoms with van der Waals surface area (Å²) in [5.74, 6) is 2.50. The van der Waals surface area contributed by atoms with Crippen molar-refractivity contribution in [2.75, 3.05) is 51.8 Å². The van der Waals surface area contributed by atoms with Crippen molar-refractivity contribution in [3.63, 3.8) is 0 Å². The average Bonchev–Trinajstić information content (AvgIpc) is 3.32. The van der Waals surface area contributed by atoms with Crippen LogP contribution in [0.3, 0.4) is 0 Å². The number of likely N-dealkylation sites (tertiary alicyclic amines) is 1. The molecule has 0 radical (unpaired) electrons. The summed E-state index contributed by atoms with van der Waals surface area (Å²) in [6.07, 6.45) is 6.18. The first-order valence-corrected chi connectivity index (χ1v) is 13.0. The lowest BCUT2D eigenvalue weighted by molar-refractivity contribution is -0.141. The molecular weight excluding hydrogens is 442 g/mol. The predicted octanol–water partition coefficient (Wildman–Crippen LogP) is 3.82. The Morgan fingerprint density at radius 2 is 2.20 bits per heavy atom. The Morgan fingerprint density at radius 1 is 1.29 bits per heavy atom. The number of esters is 1. The number of hydrogen-bond acceptors (Lipinski definition) is 7. The molecule has 0 saturated carbocycles. The molecule has 2 unspecified atom stereocenters. The number of aryl methyl sites for hydroxylation is 2. The van der Waals surface area contributed by atoms with Crippen LogP contribution in [-0.2, 0) is 27.1 Å². The van der Waals surface area contributed by atoms with E-state index in [1.54, 1.807) is 0 Å². The Labute approximate surface area is 208 Å². The Hall–Kier alpha value is -2.64. The third kappa shape index (κ3) is 6.33. The van der Waals surface area contributed by atoms with E-state index in [0.717, 1.165) is 62.6 Å². The molecule has 3 aliphatic rings. The fraction of sp³-hybridized carbons (Fsp3) is 0.571. The van der Waals surface area contributed by atoms with E-state index in [9.17, 15) is 4.79 Å². The minimum atomic E-state index is -0.170. The topological polar surface area (TPSA) is 72.9 Å². The summed E-state index contributed by atoms with van der Waals surface area (Å²) in [5, 5.41) is 3.44. The maximum atomic E-state index is 12.2. The number of fused-ring (bicyclic) bond motifs is 1. The van der Waals surface area contributed by atoms with E-state index in [-0.39, 0.29) is 18.0 Å². The van der Waals surface area contributed by atoms with Gasteiger partial charge in [-0.15, -0.1) is 0 Å². The predicted molar refractivity (Wildman–Crippen MR) is 135 cm³/mol. The van der Waals surface area contributed by atoms with E-state index < -0.39 is 0 Å². The van der Waals surface area contributed by atoms with Crippen LogP contribution >= 0.6 is 0 Å². The normalized spacial score (nSPS) is 21.0. The SMILES string of the molecule is COC(=O)CC(CN1CCC(CCc2ccc3c(n2)NCCC3)C1)c1cccc(OC2COC2)c1. The third-order valence-electron chi connectivity index (χ3n) is 7.49. The fourth-order valence-corrected chi connectivity index (χ4v) is 5.37. The number of pyridine rings is 1. The van der Waals surface area contributed by atoms with Crippen LogP contribution in [0.2, 0.25) is 0 Å². The van der Waals surface area contributed by atoms with Crippen molar-refractivity contribution in [2.45, 2.75) is 50.5 Å². The van der Waals surface area contributed by atoms with Gasteiger partial charge in [0, 0.05) is 31.2 Å². The van der Waals surface area contributed by atoms with Gasteiger partial charge >= 0.3 is 5.97 Å². The first kappa shape index (κ1) is 24.1. The molecule has 0 amide bonds. The number of carbonyl (C=O) groups excluding carboxylic acids is 1. The van der Waals surface area contributed by atoms with Crippen molar-refractivity contribution in [1.29, 1.82) is 0 Å². The van der Waals surface area contributed by atoms with Crippen LogP contribution in [0.5, 0.6) is 5.75 Å². The molecule has 1 N–H and O–H groups in total. The molecule has 7 heteroatoms. The second-order valence-electron chi connectivity index (χ2n) is 10.1. The number of nitrogens with zero attached hydrogens (tertiary/aromatic N) is 2. The molecule has 1 aromatic carbocycles. The second-order valence-corrected chi connectivity index (χ2v) is 10.1. The van der Waals surface area contributed by atoms with E-state index in [4.69, 9.17) is 19.2 Å². The molecule has 0 spiro atoms. The minimum absolute atomic E-state index is 0.0794. The lowest BCUT2D eigenvalue weighted by Crippen LogP contribution is -2.38. The van der Waals surface area contributed by atoms with Gasteiger partial charge in [-0.25, -0.2) is 4.98 Å². The van der Waals surface area contributed by atoms with Gasteiger partial charge < -0.3 is 24.4 Å². The van der Waals surface area contributed by atoms with E-state index in [1.165, 1.54) is 31.2 Å². The Balaban J connectivity index is 1.17. The van der Waals surface area contributed by atoms with Crippen LogP contribution in [0.15, 0.2) is 36.4 Å². The van der Waals surface area contributed by atoms with Gasteiger partial charge in [-0.3, -0.25) is 4.79 Å². The van der Waals surface area contributed by atoms with Gasteiger partial charge in [0.25, 0.3) is 0 Å². The molecule has 2 saturated heterocycles. The largest absolute Gasteiger partial charge is 0.486 e. The summed E-state index contributed by atoms with van der Waals surface area (Å²) in [5.41, 5.74) is 3.66. The molecule has 2 fully saturated rings. The van der Waals surface area contributed by atoms with Crippen LogP contribution in [-0.4, -0.2) is 68.5 Å². The van der Waals surface area contributed by atoms with Gasteiger partial charge in [-0.05, 0) is 73.9 Å². The van der Waals surface area contributed by atoms with Crippen molar-refractivity contribution >= 4 is 11.8 Å². The maximum Gasteiger partial charge on any atom is 0.306 e. The third-order valence-corrected chi connectivity index (χ3v) is 7.49. The van der Waals surface area contributed by atoms with Crippen molar-refractivity contribution < 1.29 is 19.0 Å². The Morgan fingerprint density at radius 3 is 3.03 bits per heavy atom. The molecule has 2 aromatic rings. The lowest BCUT2D eigenvalue weighted by atomic mass is 9.94. The number of hydrogen-bond donors (Lipinski definition) is 1.